The fourth-order valence-electron chi connectivity index (χ4n) is 3.25. The highest BCUT2D eigenvalue weighted by Crippen LogP contribution is 2.34. The van der Waals surface area contributed by atoms with Gasteiger partial charge in [0.05, 0.1) is 23.6 Å². The van der Waals surface area contributed by atoms with Crippen molar-refractivity contribution in [3.63, 3.8) is 0 Å². The Morgan fingerprint density at radius 3 is 2.92 bits per heavy atom. The number of hydrogen-bond donors (Lipinski definition) is 0. The second-order valence-electron chi connectivity index (χ2n) is 5.98. The number of fused-ring (bicyclic) bond motifs is 5. The Morgan fingerprint density at radius 1 is 1.12 bits per heavy atom. The lowest BCUT2D eigenvalue weighted by atomic mass is 10.1. The van der Waals surface area contributed by atoms with Crippen LogP contribution in [0.2, 0.25) is 5.02 Å². The maximum absolute atomic E-state index is 6.22. The van der Waals surface area contributed by atoms with Crippen LogP contribution < -0.4 is 0 Å². The molecule has 0 unspecified atom stereocenters. The van der Waals surface area contributed by atoms with Gasteiger partial charge in [-0.1, -0.05) is 17.7 Å². The third-order valence-electron chi connectivity index (χ3n) is 4.37. The zero-order valence-electron chi connectivity index (χ0n) is 13.4. The molecule has 122 valence electrons. The van der Waals surface area contributed by atoms with Gasteiger partial charge in [0.25, 0.3) is 0 Å². The minimum atomic E-state index is 0.562. The molecular formula is C18H13ClN6. The predicted molar refractivity (Wildman–Crippen MR) is 94.7 cm³/mol. The number of hydrogen-bond acceptors (Lipinski definition) is 4. The molecule has 4 aromatic rings. The molecule has 0 radical (unpaired) electrons. The van der Waals surface area contributed by atoms with E-state index in [0.29, 0.717) is 11.6 Å². The molecule has 0 aliphatic carbocycles. The Hall–Kier alpha value is -2.99. The molecule has 0 fully saturated rings. The standard InChI is InChI=1S/C18H13ClN6/c1-11-3-2-4-14(23-11)17-16-8-25-18(20-9-22-25)13-7-12(19)5-6-15(13)24(16)10-21-17/h2-7,9-10H,8H2,1H3. The Bertz CT molecular complexity index is 1110. The topological polar surface area (TPSA) is 61.4 Å². The van der Waals surface area contributed by atoms with Crippen LogP contribution in [0.5, 0.6) is 0 Å². The molecule has 1 aliphatic heterocycles. The molecule has 0 spiro atoms. The summed E-state index contributed by atoms with van der Waals surface area (Å²) in [5, 5.41) is 5.04. The average Bonchev–Trinajstić information content (AvgIpc) is 3.20. The second-order valence-corrected chi connectivity index (χ2v) is 6.41. The summed E-state index contributed by atoms with van der Waals surface area (Å²) < 4.78 is 3.94. The van der Waals surface area contributed by atoms with Gasteiger partial charge >= 0.3 is 0 Å². The molecule has 1 aromatic carbocycles. The van der Waals surface area contributed by atoms with Gasteiger partial charge in [0.1, 0.15) is 18.3 Å². The molecule has 3 aromatic heterocycles. The van der Waals surface area contributed by atoms with Gasteiger partial charge in [-0.15, -0.1) is 0 Å². The highest BCUT2D eigenvalue weighted by molar-refractivity contribution is 6.31. The number of aryl methyl sites for hydroxylation is 1. The van der Waals surface area contributed by atoms with Crippen molar-refractivity contribution in [1.82, 2.24) is 29.3 Å². The van der Waals surface area contributed by atoms with E-state index in [-0.39, 0.29) is 0 Å². The number of rotatable bonds is 1. The van der Waals surface area contributed by atoms with Gasteiger partial charge in [0.2, 0.25) is 0 Å². The van der Waals surface area contributed by atoms with Gasteiger partial charge in [-0.2, -0.15) is 5.10 Å². The van der Waals surface area contributed by atoms with Crippen molar-refractivity contribution in [3.05, 3.63) is 65.5 Å². The van der Waals surface area contributed by atoms with E-state index in [1.807, 2.05) is 54.3 Å². The molecule has 0 atom stereocenters. The molecule has 0 bridgehead atoms. The fraction of sp³-hybridized carbons (Fsp3) is 0.111. The molecular weight excluding hydrogens is 336 g/mol. The highest BCUT2D eigenvalue weighted by atomic mass is 35.5. The van der Waals surface area contributed by atoms with Crippen LogP contribution in [0.1, 0.15) is 11.4 Å². The monoisotopic (exact) mass is 348 g/mol. The first-order chi connectivity index (χ1) is 12.2. The number of halogens is 1. The van der Waals surface area contributed by atoms with Crippen molar-refractivity contribution in [1.29, 1.82) is 0 Å². The lowest BCUT2D eigenvalue weighted by Crippen LogP contribution is -2.06. The highest BCUT2D eigenvalue weighted by Gasteiger charge is 2.24. The largest absolute Gasteiger partial charge is 0.300 e. The number of benzene rings is 1. The molecule has 0 amide bonds. The van der Waals surface area contributed by atoms with Crippen molar-refractivity contribution in [2.75, 3.05) is 0 Å². The van der Waals surface area contributed by atoms with E-state index in [0.717, 1.165) is 39.9 Å². The smallest absolute Gasteiger partial charge is 0.160 e. The van der Waals surface area contributed by atoms with E-state index in [4.69, 9.17) is 11.6 Å². The SMILES string of the molecule is Cc1cccc(-c2ncn3c2Cn2ncnc2-c2cc(Cl)ccc2-3)n1. The molecule has 25 heavy (non-hydrogen) atoms. The quantitative estimate of drug-likeness (QED) is 0.465. The van der Waals surface area contributed by atoms with Crippen LogP contribution in [-0.2, 0) is 6.54 Å². The summed E-state index contributed by atoms with van der Waals surface area (Å²) >= 11 is 6.22. The maximum atomic E-state index is 6.22. The van der Waals surface area contributed by atoms with Crippen LogP contribution in [0.25, 0.3) is 28.5 Å². The maximum Gasteiger partial charge on any atom is 0.160 e. The summed E-state index contributed by atoms with van der Waals surface area (Å²) in [6.45, 7) is 2.54. The van der Waals surface area contributed by atoms with E-state index in [1.54, 1.807) is 6.33 Å². The van der Waals surface area contributed by atoms with Gasteiger partial charge < -0.3 is 0 Å². The Kier molecular flexibility index (Phi) is 3.02. The van der Waals surface area contributed by atoms with Crippen LogP contribution in [0.15, 0.2) is 49.1 Å². The van der Waals surface area contributed by atoms with Gasteiger partial charge in [0, 0.05) is 16.3 Å². The third kappa shape index (κ3) is 2.18. The number of aromatic nitrogens is 6. The van der Waals surface area contributed by atoms with Crippen LogP contribution in [-0.4, -0.2) is 29.3 Å². The van der Waals surface area contributed by atoms with Gasteiger partial charge in [-0.25, -0.2) is 14.6 Å². The molecule has 5 rings (SSSR count). The second kappa shape index (κ2) is 5.26. The normalized spacial score (nSPS) is 12.2. The average molecular weight is 349 g/mol. The summed E-state index contributed by atoms with van der Waals surface area (Å²) in [5.41, 5.74) is 5.61. The van der Waals surface area contributed by atoms with Crippen molar-refractivity contribution in [2.24, 2.45) is 0 Å². The summed E-state index contributed by atoms with van der Waals surface area (Å²) in [5.74, 6) is 0.796. The van der Waals surface area contributed by atoms with E-state index < -0.39 is 0 Å². The van der Waals surface area contributed by atoms with E-state index >= 15 is 0 Å². The van der Waals surface area contributed by atoms with Crippen LogP contribution in [0.3, 0.4) is 0 Å². The first-order valence-corrected chi connectivity index (χ1v) is 8.27. The van der Waals surface area contributed by atoms with Crippen LogP contribution in [0, 0.1) is 6.92 Å². The lowest BCUT2D eigenvalue weighted by molar-refractivity contribution is 0.678. The van der Waals surface area contributed by atoms with Gasteiger partial charge in [-0.3, -0.25) is 9.55 Å². The van der Waals surface area contributed by atoms with Crippen LogP contribution in [0.4, 0.5) is 0 Å². The first kappa shape index (κ1) is 14.4. The van der Waals surface area contributed by atoms with Crippen molar-refractivity contribution < 1.29 is 0 Å². The molecule has 1 aliphatic rings. The molecule has 4 heterocycles. The molecule has 0 saturated carbocycles. The zero-order valence-corrected chi connectivity index (χ0v) is 14.1. The van der Waals surface area contributed by atoms with Crippen molar-refractivity contribution in [3.8, 4) is 28.5 Å². The van der Waals surface area contributed by atoms with E-state index in [1.165, 1.54) is 0 Å². The predicted octanol–water partition coefficient (Wildman–Crippen LogP) is 3.52. The summed E-state index contributed by atoms with van der Waals surface area (Å²) in [7, 11) is 0. The summed E-state index contributed by atoms with van der Waals surface area (Å²) in [6, 6.07) is 11.7. The third-order valence-corrected chi connectivity index (χ3v) is 4.61. The first-order valence-electron chi connectivity index (χ1n) is 7.89. The Labute approximate surface area is 148 Å². The van der Waals surface area contributed by atoms with Crippen LogP contribution >= 0.6 is 11.6 Å². The number of imidazole rings is 1. The van der Waals surface area contributed by atoms with Crippen molar-refractivity contribution in [2.45, 2.75) is 13.5 Å². The van der Waals surface area contributed by atoms with Crippen molar-refractivity contribution >= 4 is 11.6 Å². The van der Waals surface area contributed by atoms with E-state index in [9.17, 15) is 0 Å². The van der Waals surface area contributed by atoms with Gasteiger partial charge in [0.15, 0.2) is 5.82 Å². The Balaban J connectivity index is 1.80. The van der Waals surface area contributed by atoms with E-state index in [2.05, 4.69) is 24.6 Å². The minimum absolute atomic E-state index is 0.562. The Morgan fingerprint density at radius 2 is 2.04 bits per heavy atom. The lowest BCUT2D eigenvalue weighted by Gasteiger charge is -2.09. The summed E-state index contributed by atoms with van der Waals surface area (Å²) in [6.07, 6.45) is 3.39. The fourth-order valence-corrected chi connectivity index (χ4v) is 3.42. The molecule has 6 nitrogen and oxygen atoms in total. The van der Waals surface area contributed by atoms with Gasteiger partial charge in [-0.05, 0) is 37.3 Å². The zero-order chi connectivity index (χ0) is 17.0. The minimum Gasteiger partial charge on any atom is -0.300 e. The number of nitrogens with zero attached hydrogens (tertiary/aromatic N) is 6. The number of pyridine rings is 1. The summed E-state index contributed by atoms with van der Waals surface area (Å²) in [4.78, 5) is 13.7. The molecule has 0 saturated heterocycles. The molecule has 7 heteroatoms. The molecule has 0 N–H and O–H groups in total.